The predicted octanol–water partition coefficient (Wildman–Crippen LogP) is 1.18. The maximum atomic E-state index is 10.9. The maximum absolute atomic E-state index is 10.9. The number of amides is 1. The summed E-state index contributed by atoms with van der Waals surface area (Å²) < 4.78 is 0. The molecule has 0 spiro atoms. The lowest BCUT2D eigenvalue weighted by Crippen LogP contribution is -2.25. The third-order valence-corrected chi connectivity index (χ3v) is 2.02. The van der Waals surface area contributed by atoms with Crippen LogP contribution < -0.4 is 5.32 Å². The molecule has 0 atom stereocenters. The number of hydrogen-bond acceptors (Lipinski definition) is 3. The van der Waals surface area contributed by atoms with E-state index in [1.165, 1.54) is 18.7 Å². The lowest BCUT2D eigenvalue weighted by Gasteiger charge is -2.01. The zero-order valence-corrected chi connectivity index (χ0v) is 8.37. The van der Waals surface area contributed by atoms with E-state index in [4.69, 9.17) is 0 Å². The highest BCUT2D eigenvalue weighted by Crippen LogP contribution is 1.98. The van der Waals surface area contributed by atoms with Gasteiger partial charge in [0, 0.05) is 25.6 Å². The fraction of sp³-hybridized carbons (Fsp3) is 0.750. The van der Waals surface area contributed by atoms with Gasteiger partial charge in [0.1, 0.15) is 0 Å². The van der Waals surface area contributed by atoms with Gasteiger partial charge in [0.25, 0.3) is 0 Å². The van der Waals surface area contributed by atoms with Crippen LogP contribution in [-0.2, 0) is 9.59 Å². The number of carbonyl (C=O) groups is 2. The van der Waals surface area contributed by atoms with Crippen LogP contribution in [0.1, 0.15) is 26.7 Å². The topological polar surface area (TPSA) is 46.2 Å². The average molecular weight is 189 g/mol. The lowest BCUT2D eigenvalue weighted by atomic mass is 10.3. The van der Waals surface area contributed by atoms with Crippen LogP contribution in [0.15, 0.2) is 0 Å². The molecule has 4 heteroatoms. The largest absolute Gasteiger partial charge is 0.355 e. The lowest BCUT2D eigenvalue weighted by molar-refractivity contribution is -0.121. The average Bonchev–Trinajstić information content (AvgIpc) is 1.98. The quantitative estimate of drug-likeness (QED) is 0.661. The predicted molar refractivity (Wildman–Crippen MR) is 51.1 cm³/mol. The van der Waals surface area contributed by atoms with Crippen molar-refractivity contribution in [3.05, 3.63) is 0 Å². The van der Waals surface area contributed by atoms with Gasteiger partial charge in [-0.1, -0.05) is 18.7 Å². The minimum Gasteiger partial charge on any atom is -0.355 e. The highest BCUT2D eigenvalue weighted by atomic mass is 32.2. The zero-order chi connectivity index (χ0) is 9.40. The fourth-order valence-corrected chi connectivity index (χ4v) is 1.19. The van der Waals surface area contributed by atoms with Gasteiger partial charge in [-0.05, 0) is 6.42 Å². The molecule has 0 radical (unpaired) electrons. The van der Waals surface area contributed by atoms with E-state index in [0.717, 1.165) is 6.42 Å². The molecule has 0 aliphatic heterocycles. The van der Waals surface area contributed by atoms with Crippen molar-refractivity contribution in [1.29, 1.82) is 0 Å². The molecule has 0 saturated heterocycles. The van der Waals surface area contributed by atoms with Crippen LogP contribution >= 0.6 is 11.8 Å². The second-order valence-electron chi connectivity index (χ2n) is 2.44. The van der Waals surface area contributed by atoms with E-state index < -0.39 is 0 Å². The summed E-state index contributed by atoms with van der Waals surface area (Å²) in [6, 6.07) is 0. The minimum atomic E-state index is 0.0710. The standard InChI is InChI=1S/C8H15NO2S/c1-3-4-8(11)9-5-6-12-7(2)10/h3-6H2,1-2H3,(H,9,11). The van der Waals surface area contributed by atoms with Crippen LogP contribution in [0.25, 0.3) is 0 Å². The Morgan fingerprint density at radius 1 is 1.42 bits per heavy atom. The Hall–Kier alpha value is -0.510. The molecule has 3 nitrogen and oxygen atoms in total. The van der Waals surface area contributed by atoms with Crippen molar-refractivity contribution < 1.29 is 9.59 Å². The van der Waals surface area contributed by atoms with Gasteiger partial charge in [0.05, 0.1) is 0 Å². The smallest absolute Gasteiger partial charge is 0.220 e. The van der Waals surface area contributed by atoms with Gasteiger partial charge in [-0.3, -0.25) is 9.59 Å². The van der Waals surface area contributed by atoms with Gasteiger partial charge in [-0.15, -0.1) is 0 Å². The van der Waals surface area contributed by atoms with Crippen molar-refractivity contribution in [2.45, 2.75) is 26.7 Å². The molecule has 0 aromatic rings. The molecule has 0 unspecified atom stereocenters. The summed E-state index contributed by atoms with van der Waals surface area (Å²) in [5, 5.41) is 2.82. The van der Waals surface area contributed by atoms with Crippen molar-refractivity contribution in [2.75, 3.05) is 12.3 Å². The highest BCUT2D eigenvalue weighted by molar-refractivity contribution is 8.13. The van der Waals surface area contributed by atoms with E-state index in [9.17, 15) is 9.59 Å². The molecule has 0 aliphatic carbocycles. The molecule has 0 heterocycles. The molecule has 1 N–H and O–H groups in total. The van der Waals surface area contributed by atoms with Crippen molar-refractivity contribution >= 4 is 22.8 Å². The van der Waals surface area contributed by atoms with Gasteiger partial charge in [-0.2, -0.15) is 0 Å². The first kappa shape index (κ1) is 11.5. The SMILES string of the molecule is CCCC(=O)NCCSC(C)=O. The molecule has 0 fully saturated rings. The van der Waals surface area contributed by atoms with Crippen molar-refractivity contribution in [3.8, 4) is 0 Å². The number of rotatable bonds is 5. The normalized spacial score (nSPS) is 9.50. The molecule has 0 saturated carbocycles. The summed E-state index contributed by atoms with van der Waals surface area (Å²) in [6.07, 6.45) is 1.44. The van der Waals surface area contributed by atoms with Gasteiger partial charge < -0.3 is 5.32 Å². The molecular formula is C8H15NO2S. The molecule has 0 aromatic heterocycles. The Morgan fingerprint density at radius 3 is 2.58 bits per heavy atom. The monoisotopic (exact) mass is 189 g/mol. The summed E-state index contributed by atoms with van der Waals surface area (Å²) in [5.74, 6) is 0.742. The third-order valence-electron chi connectivity index (χ3n) is 1.21. The van der Waals surface area contributed by atoms with Crippen molar-refractivity contribution in [1.82, 2.24) is 5.32 Å². The van der Waals surface area contributed by atoms with Crippen molar-refractivity contribution in [2.24, 2.45) is 0 Å². The first-order valence-corrected chi connectivity index (χ1v) is 5.05. The van der Waals surface area contributed by atoms with E-state index in [-0.39, 0.29) is 11.0 Å². The number of hydrogen-bond donors (Lipinski definition) is 1. The Bertz CT molecular complexity index is 159. The Morgan fingerprint density at radius 2 is 2.08 bits per heavy atom. The van der Waals surface area contributed by atoms with E-state index in [2.05, 4.69) is 5.32 Å². The first-order chi connectivity index (χ1) is 5.66. The van der Waals surface area contributed by atoms with Crippen LogP contribution in [0.4, 0.5) is 0 Å². The molecule has 0 bridgehead atoms. The van der Waals surface area contributed by atoms with Gasteiger partial charge in [-0.25, -0.2) is 0 Å². The van der Waals surface area contributed by atoms with E-state index in [0.29, 0.717) is 18.7 Å². The molecular weight excluding hydrogens is 174 g/mol. The van der Waals surface area contributed by atoms with E-state index in [1.807, 2.05) is 6.92 Å². The van der Waals surface area contributed by atoms with Gasteiger partial charge in [0.2, 0.25) is 5.91 Å². The zero-order valence-electron chi connectivity index (χ0n) is 7.55. The number of carbonyl (C=O) groups excluding carboxylic acids is 2. The highest BCUT2D eigenvalue weighted by Gasteiger charge is 1.98. The van der Waals surface area contributed by atoms with Crippen LogP contribution in [0.5, 0.6) is 0 Å². The van der Waals surface area contributed by atoms with E-state index >= 15 is 0 Å². The third kappa shape index (κ3) is 7.60. The molecule has 12 heavy (non-hydrogen) atoms. The second-order valence-corrected chi connectivity index (χ2v) is 3.71. The van der Waals surface area contributed by atoms with Crippen LogP contribution in [-0.4, -0.2) is 23.3 Å². The van der Waals surface area contributed by atoms with Crippen molar-refractivity contribution in [3.63, 3.8) is 0 Å². The minimum absolute atomic E-state index is 0.0710. The summed E-state index contributed by atoms with van der Waals surface area (Å²) in [4.78, 5) is 21.3. The van der Waals surface area contributed by atoms with Crippen LogP contribution in [0.2, 0.25) is 0 Å². The Kier molecular flexibility index (Phi) is 6.85. The fourth-order valence-electron chi connectivity index (χ4n) is 0.701. The molecule has 0 rings (SSSR count). The molecule has 70 valence electrons. The van der Waals surface area contributed by atoms with Crippen LogP contribution in [0, 0.1) is 0 Å². The summed E-state index contributed by atoms with van der Waals surface area (Å²) >= 11 is 1.24. The summed E-state index contributed by atoms with van der Waals surface area (Å²) in [6.45, 7) is 4.07. The summed E-state index contributed by atoms with van der Waals surface area (Å²) in [5.41, 5.74) is 0. The Balaban J connectivity index is 3.19. The second kappa shape index (κ2) is 7.16. The van der Waals surface area contributed by atoms with Gasteiger partial charge >= 0.3 is 0 Å². The first-order valence-electron chi connectivity index (χ1n) is 4.07. The molecule has 0 aromatic carbocycles. The maximum Gasteiger partial charge on any atom is 0.220 e. The van der Waals surface area contributed by atoms with E-state index in [1.54, 1.807) is 0 Å². The number of thioether (sulfide) groups is 1. The molecule has 0 aliphatic rings. The Labute approximate surface area is 77.3 Å². The van der Waals surface area contributed by atoms with Gasteiger partial charge in [0.15, 0.2) is 5.12 Å². The van der Waals surface area contributed by atoms with Crippen LogP contribution in [0.3, 0.4) is 0 Å². The summed E-state index contributed by atoms with van der Waals surface area (Å²) in [7, 11) is 0. The molecule has 1 amide bonds. The number of nitrogens with one attached hydrogen (secondary N) is 1.